The largest absolute Gasteiger partial charge is 0.462 e. The van der Waals surface area contributed by atoms with Gasteiger partial charge in [0.25, 0.3) is 0 Å². The highest BCUT2D eigenvalue weighted by molar-refractivity contribution is 5.89. The van der Waals surface area contributed by atoms with Crippen molar-refractivity contribution >= 4 is 11.9 Å². The van der Waals surface area contributed by atoms with Crippen LogP contribution in [0.1, 0.15) is 6.92 Å². The zero-order chi connectivity index (χ0) is 19.1. The summed E-state index contributed by atoms with van der Waals surface area (Å²) in [6.45, 7) is 0.959. The van der Waals surface area contributed by atoms with Gasteiger partial charge >= 0.3 is 36.0 Å². The van der Waals surface area contributed by atoms with E-state index in [1.54, 1.807) is 0 Å². The van der Waals surface area contributed by atoms with E-state index in [0.29, 0.717) is 6.92 Å². The minimum atomic E-state index is -5.97. The van der Waals surface area contributed by atoms with Gasteiger partial charge in [-0.05, 0) is 0 Å². The molecular formula is C11H8F8O5. The molecule has 0 saturated carbocycles. The lowest BCUT2D eigenvalue weighted by molar-refractivity contribution is -0.405. The minimum Gasteiger partial charge on any atom is -0.450 e. The van der Waals surface area contributed by atoms with E-state index in [2.05, 4.69) is 20.8 Å². The van der Waals surface area contributed by atoms with Crippen LogP contribution in [0.3, 0.4) is 0 Å². The van der Waals surface area contributed by atoms with Crippen LogP contribution in [0.5, 0.6) is 0 Å². The van der Waals surface area contributed by atoms with Crippen LogP contribution in [0.4, 0.5) is 35.1 Å². The van der Waals surface area contributed by atoms with Crippen molar-refractivity contribution in [1.82, 2.24) is 0 Å². The minimum absolute atomic E-state index is 0.373. The number of hydrogen-bond acceptors (Lipinski definition) is 5. The molecule has 0 amide bonds. The molecule has 1 saturated heterocycles. The molecule has 24 heavy (non-hydrogen) atoms. The van der Waals surface area contributed by atoms with Crippen molar-refractivity contribution < 1.29 is 58.9 Å². The van der Waals surface area contributed by atoms with Gasteiger partial charge in [0.2, 0.25) is 0 Å². The first-order valence-electron chi connectivity index (χ1n) is 5.81. The van der Waals surface area contributed by atoms with Gasteiger partial charge in [0.1, 0.15) is 5.57 Å². The molecule has 0 radical (unpaired) electrons. The van der Waals surface area contributed by atoms with E-state index >= 15 is 0 Å². The number of alkyl halides is 8. The van der Waals surface area contributed by atoms with Crippen LogP contribution in [0.15, 0.2) is 12.2 Å². The van der Waals surface area contributed by atoms with E-state index in [0.717, 1.165) is 0 Å². The van der Waals surface area contributed by atoms with E-state index in [1.807, 2.05) is 0 Å². The van der Waals surface area contributed by atoms with Crippen molar-refractivity contribution in [3.8, 4) is 0 Å². The van der Waals surface area contributed by atoms with E-state index in [1.165, 1.54) is 0 Å². The molecule has 2 unspecified atom stereocenters. The van der Waals surface area contributed by atoms with Crippen LogP contribution in [0.25, 0.3) is 0 Å². The second-order valence-electron chi connectivity index (χ2n) is 4.51. The van der Waals surface area contributed by atoms with Crippen molar-refractivity contribution in [2.45, 2.75) is 37.1 Å². The fourth-order valence-corrected chi connectivity index (χ4v) is 1.66. The first-order valence-corrected chi connectivity index (χ1v) is 5.81. The van der Waals surface area contributed by atoms with Gasteiger partial charge in [0.15, 0.2) is 6.10 Å². The summed E-state index contributed by atoms with van der Waals surface area (Å²) in [6.07, 6.45) is -14.4. The van der Waals surface area contributed by atoms with Gasteiger partial charge in [-0.15, -0.1) is 0 Å². The highest BCUT2D eigenvalue weighted by Crippen LogP contribution is 2.52. The number of rotatable bonds is 3. The number of esters is 2. The van der Waals surface area contributed by atoms with Crippen LogP contribution < -0.4 is 0 Å². The molecule has 1 aliphatic rings. The maximum Gasteiger partial charge on any atom is 0.462 e. The van der Waals surface area contributed by atoms with Crippen LogP contribution in [0, 0.1) is 0 Å². The zero-order valence-corrected chi connectivity index (χ0v) is 11.6. The highest BCUT2D eigenvalue weighted by Gasteiger charge is 2.81. The molecule has 0 aromatic rings. The van der Waals surface area contributed by atoms with Gasteiger partial charge in [-0.3, -0.25) is 4.79 Å². The SMILES string of the molecule is C=C(C(=O)OC1COC(OC(C)=O)(C(F)(F)F)C1(F)F)C(F)(F)F. The molecule has 138 valence electrons. The summed E-state index contributed by atoms with van der Waals surface area (Å²) in [7, 11) is 0. The van der Waals surface area contributed by atoms with E-state index < -0.39 is 54.3 Å². The Labute approximate surface area is 128 Å². The molecule has 1 rings (SSSR count). The molecule has 1 aliphatic heterocycles. The molecule has 0 N–H and O–H groups in total. The van der Waals surface area contributed by atoms with Crippen LogP contribution in [-0.4, -0.2) is 48.7 Å². The van der Waals surface area contributed by atoms with Crippen molar-refractivity contribution in [2.24, 2.45) is 0 Å². The van der Waals surface area contributed by atoms with Crippen molar-refractivity contribution in [1.29, 1.82) is 0 Å². The third kappa shape index (κ3) is 3.30. The first-order chi connectivity index (χ1) is 10.6. The topological polar surface area (TPSA) is 61.8 Å². The molecule has 1 fully saturated rings. The van der Waals surface area contributed by atoms with Gasteiger partial charge in [-0.2, -0.15) is 35.1 Å². The lowest BCUT2D eigenvalue weighted by Gasteiger charge is -2.34. The lowest BCUT2D eigenvalue weighted by Crippen LogP contribution is -2.62. The van der Waals surface area contributed by atoms with Gasteiger partial charge in [0.05, 0.1) is 6.61 Å². The Balaban J connectivity index is 3.13. The van der Waals surface area contributed by atoms with Gasteiger partial charge in [0, 0.05) is 6.92 Å². The predicted molar refractivity (Wildman–Crippen MR) is 56.5 cm³/mol. The first kappa shape index (κ1) is 20.1. The summed E-state index contributed by atoms with van der Waals surface area (Å²) >= 11 is 0. The number of hydrogen-bond donors (Lipinski definition) is 0. The molecule has 0 bridgehead atoms. The molecule has 5 nitrogen and oxygen atoms in total. The molecule has 0 aliphatic carbocycles. The molecule has 0 aromatic heterocycles. The summed E-state index contributed by atoms with van der Waals surface area (Å²) in [5.41, 5.74) is -2.21. The molecule has 1 heterocycles. The quantitative estimate of drug-likeness (QED) is 0.433. The molecule has 0 aromatic carbocycles. The Kier molecular flexibility index (Phi) is 4.92. The second-order valence-corrected chi connectivity index (χ2v) is 4.51. The fraction of sp³-hybridized carbons (Fsp3) is 0.636. The standard InChI is InChI=1S/C11H8F8O5/c1-4(9(14,15)16)7(21)23-6-3-22-10(8(6,12)13,11(17,18)19)24-5(2)20/h6H,1,3H2,2H3. The average Bonchev–Trinajstić information content (AvgIpc) is 2.60. The normalized spacial score (nSPS) is 26.8. The van der Waals surface area contributed by atoms with E-state index in [4.69, 9.17) is 0 Å². The number of halogens is 8. The van der Waals surface area contributed by atoms with Crippen LogP contribution in [0.2, 0.25) is 0 Å². The second kappa shape index (κ2) is 5.86. The Morgan fingerprint density at radius 1 is 1.17 bits per heavy atom. The van der Waals surface area contributed by atoms with Crippen molar-refractivity contribution in [3.63, 3.8) is 0 Å². The molecule has 0 spiro atoms. The van der Waals surface area contributed by atoms with E-state index in [-0.39, 0.29) is 0 Å². The monoisotopic (exact) mass is 372 g/mol. The fourth-order valence-electron chi connectivity index (χ4n) is 1.66. The predicted octanol–water partition coefficient (Wildman–Crippen LogP) is 2.50. The molecular weight excluding hydrogens is 364 g/mol. The average molecular weight is 372 g/mol. The third-order valence-electron chi connectivity index (χ3n) is 2.78. The maximum absolute atomic E-state index is 14.0. The lowest BCUT2D eigenvalue weighted by atomic mass is 10.1. The van der Waals surface area contributed by atoms with Gasteiger partial charge < -0.3 is 14.2 Å². The summed E-state index contributed by atoms with van der Waals surface area (Å²) in [5, 5.41) is 0. The van der Waals surface area contributed by atoms with Crippen LogP contribution >= 0.6 is 0 Å². The number of carbonyl (C=O) groups excluding carboxylic acids is 2. The zero-order valence-electron chi connectivity index (χ0n) is 11.6. The molecule has 2 atom stereocenters. The number of ether oxygens (including phenoxy) is 3. The van der Waals surface area contributed by atoms with Gasteiger partial charge in [-0.25, -0.2) is 4.79 Å². The summed E-state index contributed by atoms with van der Waals surface area (Å²) in [5.74, 6) is -14.2. The van der Waals surface area contributed by atoms with Crippen molar-refractivity contribution in [2.75, 3.05) is 6.61 Å². The Hall–Kier alpha value is -1.92. The summed E-state index contributed by atoms with van der Waals surface area (Å²) in [6, 6.07) is 0. The third-order valence-corrected chi connectivity index (χ3v) is 2.78. The Bertz CT molecular complexity index is 552. The number of carbonyl (C=O) groups is 2. The van der Waals surface area contributed by atoms with Crippen molar-refractivity contribution in [3.05, 3.63) is 12.2 Å². The Morgan fingerprint density at radius 2 is 1.67 bits per heavy atom. The summed E-state index contributed by atoms with van der Waals surface area (Å²) in [4.78, 5) is 21.8. The highest BCUT2D eigenvalue weighted by atomic mass is 19.4. The van der Waals surface area contributed by atoms with E-state index in [9.17, 15) is 44.7 Å². The Morgan fingerprint density at radius 3 is 2.04 bits per heavy atom. The smallest absolute Gasteiger partial charge is 0.450 e. The van der Waals surface area contributed by atoms with Crippen LogP contribution in [-0.2, 0) is 23.8 Å². The summed E-state index contributed by atoms with van der Waals surface area (Å²) < 4.78 is 114. The van der Waals surface area contributed by atoms with Gasteiger partial charge in [-0.1, -0.05) is 6.58 Å². The maximum atomic E-state index is 14.0. The molecule has 13 heteroatoms.